The van der Waals surface area contributed by atoms with Crippen LogP contribution in [0.3, 0.4) is 0 Å². The predicted octanol–water partition coefficient (Wildman–Crippen LogP) is 5.62. The fraction of sp³-hybridized carbons (Fsp3) is 0.105. The summed E-state index contributed by atoms with van der Waals surface area (Å²) in [6.45, 7) is 0. The van der Waals surface area contributed by atoms with E-state index in [1.165, 1.54) is 6.07 Å². The van der Waals surface area contributed by atoms with Crippen LogP contribution in [0.1, 0.15) is 15.2 Å². The second-order valence-corrected chi connectivity index (χ2v) is 8.85. The summed E-state index contributed by atoms with van der Waals surface area (Å²) in [5.41, 5.74) is 1.34. The van der Waals surface area contributed by atoms with Crippen molar-refractivity contribution in [2.24, 2.45) is 0 Å². The molecule has 1 atom stereocenters. The van der Waals surface area contributed by atoms with Crippen LogP contribution in [0.5, 0.6) is 0 Å². The summed E-state index contributed by atoms with van der Waals surface area (Å²) in [5, 5.41) is 4.34. The first kappa shape index (κ1) is 19.7. The number of carbonyl (C=O) groups excluding carboxylic acids is 1. The van der Waals surface area contributed by atoms with E-state index in [-0.39, 0.29) is 9.77 Å². The highest BCUT2D eigenvalue weighted by atomic mass is 32.2. The molecule has 3 rings (SSSR count). The maximum atomic E-state index is 12.6. The number of nitrogens with one attached hydrogen (secondary N) is 1. The average molecular weight is 424 g/mol. The predicted molar refractivity (Wildman–Crippen MR) is 107 cm³/mol. The Morgan fingerprint density at radius 1 is 1.11 bits per heavy atom. The van der Waals surface area contributed by atoms with E-state index in [1.807, 2.05) is 24.3 Å². The number of rotatable bonds is 7. The maximum Gasteiger partial charge on any atom is 0.288 e. The Labute approximate surface area is 166 Å². The van der Waals surface area contributed by atoms with Gasteiger partial charge in [-0.05, 0) is 41.3 Å². The Morgan fingerprint density at radius 2 is 1.89 bits per heavy atom. The molecule has 27 heavy (non-hydrogen) atoms. The van der Waals surface area contributed by atoms with Crippen molar-refractivity contribution < 1.29 is 17.8 Å². The number of thiophene rings is 1. The summed E-state index contributed by atoms with van der Waals surface area (Å²) >= 11 is 1.47. The minimum Gasteiger partial charge on any atom is -0.321 e. The van der Waals surface area contributed by atoms with Gasteiger partial charge in [0.05, 0.1) is 16.6 Å². The third-order valence-electron chi connectivity index (χ3n) is 3.54. The number of thioether (sulfide) groups is 1. The van der Waals surface area contributed by atoms with Crippen molar-refractivity contribution in [1.29, 1.82) is 0 Å². The fourth-order valence-electron chi connectivity index (χ4n) is 2.39. The number of amides is 1. The summed E-state index contributed by atoms with van der Waals surface area (Å²) < 4.78 is 37.6. The van der Waals surface area contributed by atoms with E-state index >= 15 is 0 Å². The molecule has 0 aliphatic carbocycles. The monoisotopic (exact) mass is 423 g/mol. The highest BCUT2D eigenvalue weighted by molar-refractivity contribution is 7.99. The molecule has 1 amide bonds. The minimum absolute atomic E-state index is 0.249. The van der Waals surface area contributed by atoms with Crippen LogP contribution in [0, 0.1) is 0 Å². The number of anilines is 1. The third kappa shape index (κ3) is 5.47. The van der Waals surface area contributed by atoms with Crippen LogP contribution >= 0.6 is 23.1 Å². The standard InChI is InChI=1S/C19H15F2NO2S3/c20-19(21)26-16-9-10-25-17(16)18(23)22-14-6-4-5-13(11-14)12-27(24)15-7-2-1-3-8-15/h1-11,19H,12H2,(H,22,23). The van der Waals surface area contributed by atoms with Crippen molar-refractivity contribution in [3.8, 4) is 0 Å². The number of hydrogen-bond acceptors (Lipinski definition) is 4. The van der Waals surface area contributed by atoms with Crippen molar-refractivity contribution in [3.05, 3.63) is 76.5 Å². The lowest BCUT2D eigenvalue weighted by Crippen LogP contribution is -2.11. The van der Waals surface area contributed by atoms with Crippen LogP contribution in [-0.4, -0.2) is 15.9 Å². The molecule has 0 radical (unpaired) electrons. The molecule has 8 heteroatoms. The number of hydrogen-bond donors (Lipinski definition) is 1. The van der Waals surface area contributed by atoms with Crippen molar-refractivity contribution >= 4 is 45.5 Å². The van der Waals surface area contributed by atoms with Gasteiger partial charge in [-0.25, -0.2) is 0 Å². The Balaban J connectivity index is 1.70. The summed E-state index contributed by atoms with van der Waals surface area (Å²) in [5.74, 6) is -2.70. The van der Waals surface area contributed by atoms with Crippen LogP contribution in [-0.2, 0) is 16.6 Å². The second kappa shape index (κ2) is 9.25. The molecule has 1 heterocycles. The van der Waals surface area contributed by atoms with Gasteiger partial charge in [-0.1, -0.05) is 42.1 Å². The Hall–Kier alpha value is -2.03. The quantitative estimate of drug-likeness (QED) is 0.502. The first-order valence-corrected chi connectivity index (χ1v) is 11.0. The van der Waals surface area contributed by atoms with Gasteiger partial charge in [-0.2, -0.15) is 8.78 Å². The van der Waals surface area contributed by atoms with Gasteiger partial charge in [0.25, 0.3) is 11.7 Å². The fourth-order valence-corrected chi connectivity index (χ4v) is 5.09. The third-order valence-corrected chi connectivity index (χ3v) is 6.75. The van der Waals surface area contributed by atoms with Crippen molar-refractivity contribution in [2.45, 2.75) is 21.3 Å². The second-order valence-electron chi connectivity index (χ2n) is 5.45. The SMILES string of the molecule is O=C(Nc1cccc(CS(=O)c2ccccc2)c1)c1sccc1SC(F)F. The van der Waals surface area contributed by atoms with Crippen molar-refractivity contribution in [2.75, 3.05) is 5.32 Å². The van der Waals surface area contributed by atoms with Crippen molar-refractivity contribution in [3.63, 3.8) is 0 Å². The van der Waals surface area contributed by atoms with E-state index in [1.54, 1.807) is 35.7 Å². The Morgan fingerprint density at radius 3 is 2.63 bits per heavy atom. The lowest BCUT2D eigenvalue weighted by Gasteiger charge is -2.08. The Kier molecular flexibility index (Phi) is 6.76. The van der Waals surface area contributed by atoms with Gasteiger partial charge >= 0.3 is 0 Å². The molecule has 3 nitrogen and oxygen atoms in total. The van der Waals surface area contributed by atoms with Crippen LogP contribution in [0.25, 0.3) is 0 Å². The summed E-state index contributed by atoms with van der Waals surface area (Å²) in [7, 11) is -1.19. The zero-order chi connectivity index (χ0) is 19.2. The average Bonchev–Trinajstić information content (AvgIpc) is 3.10. The largest absolute Gasteiger partial charge is 0.321 e. The number of benzene rings is 2. The molecule has 0 saturated heterocycles. The van der Waals surface area contributed by atoms with Crippen LogP contribution < -0.4 is 5.32 Å². The molecule has 0 bridgehead atoms. The van der Waals surface area contributed by atoms with Crippen LogP contribution in [0.4, 0.5) is 14.5 Å². The van der Waals surface area contributed by atoms with Gasteiger partial charge in [-0.15, -0.1) is 11.3 Å². The van der Waals surface area contributed by atoms with Gasteiger partial charge < -0.3 is 5.32 Å². The van der Waals surface area contributed by atoms with Crippen molar-refractivity contribution in [1.82, 2.24) is 0 Å². The van der Waals surface area contributed by atoms with Gasteiger partial charge in [0, 0.05) is 15.5 Å². The number of halogens is 2. The molecule has 0 aliphatic heterocycles. The summed E-state index contributed by atoms with van der Waals surface area (Å²) in [6, 6.07) is 17.7. The highest BCUT2D eigenvalue weighted by Gasteiger charge is 2.17. The van der Waals surface area contributed by atoms with Gasteiger partial charge in [0.15, 0.2) is 0 Å². The maximum absolute atomic E-state index is 12.6. The topological polar surface area (TPSA) is 46.2 Å². The number of alkyl halides is 2. The molecule has 0 saturated carbocycles. The molecular weight excluding hydrogens is 408 g/mol. The summed E-state index contributed by atoms with van der Waals surface area (Å²) in [4.78, 5) is 13.7. The lowest BCUT2D eigenvalue weighted by molar-refractivity contribution is 0.102. The summed E-state index contributed by atoms with van der Waals surface area (Å²) in [6.07, 6.45) is 0. The highest BCUT2D eigenvalue weighted by Crippen LogP contribution is 2.32. The first-order valence-electron chi connectivity index (χ1n) is 7.89. The van der Waals surface area contributed by atoms with Crippen LogP contribution in [0.15, 0.2) is 75.8 Å². The molecule has 0 fully saturated rings. The van der Waals surface area contributed by atoms with E-state index in [4.69, 9.17) is 0 Å². The van der Waals surface area contributed by atoms with E-state index in [0.29, 0.717) is 23.2 Å². The smallest absolute Gasteiger partial charge is 0.288 e. The minimum atomic E-state index is -2.58. The van der Waals surface area contributed by atoms with Gasteiger partial charge in [0.1, 0.15) is 4.88 Å². The zero-order valence-corrected chi connectivity index (χ0v) is 16.4. The Bertz CT molecular complexity index is 945. The molecule has 2 aromatic carbocycles. The molecule has 0 aliphatic rings. The van der Waals surface area contributed by atoms with Gasteiger partial charge in [0.2, 0.25) is 0 Å². The van der Waals surface area contributed by atoms with E-state index in [2.05, 4.69) is 5.32 Å². The number of carbonyl (C=O) groups is 1. The van der Waals surface area contributed by atoms with E-state index in [0.717, 1.165) is 21.8 Å². The van der Waals surface area contributed by atoms with E-state index < -0.39 is 22.5 Å². The zero-order valence-electron chi connectivity index (χ0n) is 13.9. The first-order chi connectivity index (χ1) is 13.0. The normalized spacial score (nSPS) is 12.1. The molecule has 1 N–H and O–H groups in total. The lowest BCUT2D eigenvalue weighted by atomic mass is 10.2. The molecule has 1 aromatic heterocycles. The van der Waals surface area contributed by atoms with Crippen LogP contribution in [0.2, 0.25) is 0 Å². The molecular formula is C19H15F2NO2S3. The molecule has 3 aromatic rings. The molecule has 1 unspecified atom stereocenters. The molecule has 140 valence electrons. The van der Waals surface area contributed by atoms with Gasteiger partial charge in [-0.3, -0.25) is 9.00 Å². The van der Waals surface area contributed by atoms with E-state index in [9.17, 15) is 17.8 Å². The molecule has 0 spiro atoms.